The highest BCUT2D eigenvalue weighted by molar-refractivity contribution is 9.10. The van der Waals surface area contributed by atoms with E-state index in [4.69, 9.17) is 5.73 Å². The van der Waals surface area contributed by atoms with Crippen LogP contribution in [0.1, 0.15) is 26.3 Å². The van der Waals surface area contributed by atoms with Gasteiger partial charge in [-0.15, -0.1) is 0 Å². The summed E-state index contributed by atoms with van der Waals surface area (Å²) in [6.45, 7) is 12.0. The number of benzene rings is 1. The van der Waals surface area contributed by atoms with Crippen LogP contribution in [0, 0.1) is 0 Å². The second-order valence-electron chi connectivity index (χ2n) is 6.46. The van der Waals surface area contributed by atoms with Crippen molar-refractivity contribution < 1.29 is 0 Å². The molecule has 0 aromatic heterocycles. The minimum Gasteiger partial charge on any atom is -0.369 e. The molecule has 2 rings (SSSR count). The van der Waals surface area contributed by atoms with Crippen LogP contribution in [0.5, 0.6) is 0 Å². The number of halogens is 1. The fourth-order valence-corrected chi connectivity index (χ4v) is 3.29. The molecule has 1 heterocycles. The van der Waals surface area contributed by atoms with E-state index in [1.165, 1.54) is 15.7 Å². The molecular weight excluding hydrogens is 314 g/mol. The summed E-state index contributed by atoms with van der Waals surface area (Å²) in [4.78, 5) is 5.03. The molecule has 0 aliphatic carbocycles. The van der Waals surface area contributed by atoms with Gasteiger partial charge in [0.25, 0.3) is 0 Å². The molecule has 20 heavy (non-hydrogen) atoms. The predicted octanol–water partition coefficient (Wildman–Crippen LogP) is 2.87. The maximum Gasteiger partial charge on any atom is 0.0378 e. The maximum atomic E-state index is 5.63. The van der Waals surface area contributed by atoms with Crippen molar-refractivity contribution >= 4 is 21.6 Å². The Morgan fingerprint density at radius 3 is 2.30 bits per heavy atom. The molecule has 1 aliphatic rings. The average Bonchev–Trinajstić information content (AvgIpc) is 2.40. The Labute approximate surface area is 131 Å². The van der Waals surface area contributed by atoms with E-state index in [0.717, 1.165) is 32.6 Å². The summed E-state index contributed by atoms with van der Waals surface area (Å²) in [5.74, 6) is 0. The third-order valence-electron chi connectivity index (χ3n) is 4.04. The van der Waals surface area contributed by atoms with Crippen LogP contribution in [0.4, 0.5) is 5.69 Å². The monoisotopic (exact) mass is 339 g/mol. The molecule has 1 fully saturated rings. The van der Waals surface area contributed by atoms with Gasteiger partial charge in [-0.25, -0.2) is 0 Å². The molecule has 0 radical (unpaired) electrons. The average molecular weight is 340 g/mol. The zero-order chi connectivity index (χ0) is 14.8. The van der Waals surface area contributed by atoms with Crippen molar-refractivity contribution in [2.75, 3.05) is 37.6 Å². The van der Waals surface area contributed by atoms with Crippen molar-refractivity contribution in [1.29, 1.82) is 0 Å². The van der Waals surface area contributed by atoms with Gasteiger partial charge in [0.05, 0.1) is 0 Å². The lowest BCUT2D eigenvalue weighted by molar-refractivity contribution is 0.128. The van der Waals surface area contributed by atoms with Gasteiger partial charge in [0.2, 0.25) is 0 Å². The van der Waals surface area contributed by atoms with Gasteiger partial charge in [0.15, 0.2) is 0 Å². The quantitative estimate of drug-likeness (QED) is 0.918. The van der Waals surface area contributed by atoms with E-state index in [1.54, 1.807) is 0 Å². The zero-order valence-electron chi connectivity index (χ0n) is 12.8. The summed E-state index contributed by atoms with van der Waals surface area (Å²) in [7, 11) is 0. The van der Waals surface area contributed by atoms with Crippen LogP contribution in [0.2, 0.25) is 0 Å². The Bertz CT molecular complexity index is 446. The van der Waals surface area contributed by atoms with Crippen LogP contribution < -0.4 is 10.6 Å². The molecule has 1 aromatic rings. The third kappa shape index (κ3) is 3.74. The maximum absolute atomic E-state index is 5.63. The molecule has 0 amide bonds. The number of hydrogen-bond acceptors (Lipinski definition) is 3. The van der Waals surface area contributed by atoms with Gasteiger partial charge in [-0.2, -0.15) is 0 Å². The number of hydrogen-bond donors (Lipinski definition) is 1. The van der Waals surface area contributed by atoms with Crippen molar-refractivity contribution in [3.63, 3.8) is 0 Å². The summed E-state index contributed by atoms with van der Waals surface area (Å²) in [5, 5.41) is 0. The van der Waals surface area contributed by atoms with Crippen molar-refractivity contribution in [1.82, 2.24) is 4.90 Å². The van der Waals surface area contributed by atoms with Crippen LogP contribution in [-0.2, 0) is 6.42 Å². The normalized spacial score (nSPS) is 17.6. The molecule has 3 nitrogen and oxygen atoms in total. The minimum atomic E-state index is 0.275. The first kappa shape index (κ1) is 15.8. The molecule has 112 valence electrons. The van der Waals surface area contributed by atoms with Crippen LogP contribution in [0.3, 0.4) is 0 Å². The van der Waals surface area contributed by atoms with Crippen molar-refractivity contribution in [2.24, 2.45) is 5.73 Å². The first-order chi connectivity index (χ1) is 9.41. The van der Waals surface area contributed by atoms with E-state index >= 15 is 0 Å². The number of nitrogens with two attached hydrogens (primary N) is 1. The second kappa shape index (κ2) is 6.46. The smallest absolute Gasteiger partial charge is 0.0378 e. The van der Waals surface area contributed by atoms with E-state index in [2.05, 4.69) is 64.7 Å². The van der Waals surface area contributed by atoms with Crippen molar-refractivity contribution in [2.45, 2.75) is 32.7 Å². The number of piperazine rings is 1. The van der Waals surface area contributed by atoms with Crippen LogP contribution in [-0.4, -0.2) is 43.2 Å². The molecule has 0 atom stereocenters. The summed E-state index contributed by atoms with van der Waals surface area (Å²) in [5.41, 5.74) is 8.51. The van der Waals surface area contributed by atoms with E-state index in [-0.39, 0.29) is 5.54 Å². The van der Waals surface area contributed by atoms with Crippen LogP contribution in [0.25, 0.3) is 0 Å². The van der Waals surface area contributed by atoms with Gasteiger partial charge in [-0.3, -0.25) is 4.90 Å². The molecule has 0 bridgehead atoms. The van der Waals surface area contributed by atoms with Gasteiger partial charge in [0.1, 0.15) is 0 Å². The molecule has 0 unspecified atom stereocenters. The molecule has 1 aromatic carbocycles. The highest BCUT2D eigenvalue weighted by Crippen LogP contribution is 2.26. The summed E-state index contributed by atoms with van der Waals surface area (Å²) in [6, 6.07) is 6.66. The van der Waals surface area contributed by atoms with Crippen molar-refractivity contribution in [3.05, 3.63) is 28.2 Å². The van der Waals surface area contributed by atoms with Gasteiger partial charge in [-0.05, 0) is 51.4 Å². The summed E-state index contributed by atoms with van der Waals surface area (Å²) >= 11 is 3.67. The molecule has 0 saturated carbocycles. The van der Waals surface area contributed by atoms with Gasteiger partial charge < -0.3 is 10.6 Å². The standard InChI is InChI=1S/C16H26BrN3/c1-16(2,3)20-10-8-19(9-11-20)14-5-4-13(6-7-18)15(17)12-14/h4-5,12H,6-11,18H2,1-3H3. The minimum absolute atomic E-state index is 0.275. The first-order valence-electron chi connectivity index (χ1n) is 7.40. The Kier molecular flexibility index (Phi) is 5.10. The highest BCUT2D eigenvalue weighted by atomic mass is 79.9. The lowest BCUT2D eigenvalue weighted by Crippen LogP contribution is -2.53. The molecule has 2 N–H and O–H groups in total. The fraction of sp³-hybridized carbons (Fsp3) is 0.625. The Morgan fingerprint density at radius 1 is 1.15 bits per heavy atom. The van der Waals surface area contributed by atoms with Gasteiger partial charge >= 0.3 is 0 Å². The zero-order valence-corrected chi connectivity index (χ0v) is 14.4. The molecule has 4 heteroatoms. The van der Waals surface area contributed by atoms with E-state index in [0.29, 0.717) is 6.54 Å². The largest absolute Gasteiger partial charge is 0.369 e. The lowest BCUT2D eigenvalue weighted by atomic mass is 10.0. The Morgan fingerprint density at radius 2 is 1.80 bits per heavy atom. The fourth-order valence-electron chi connectivity index (χ4n) is 2.73. The van der Waals surface area contributed by atoms with Gasteiger partial charge in [-0.1, -0.05) is 22.0 Å². The van der Waals surface area contributed by atoms with E-state index < -0.39 is 0 Å². The van der Waals surface area contributed by atoms with Gasteiger partial charge in [0, 0.05) is 41.9 Å². The SMILES string of the molecule is CC(C)(C)N1CCN(c2ccc(CCN)c(Br)c2)CC1. The molecular formula is C16H26BrN3. The summed E-state index contributed by atoms with van der Waals surface area (Å²) in [6.07, 6.45) is 0.929. The van der Waals surface area contributed by atoms with E-state index in [1.807, 2.05) is 0 Å². The number of anilines is 1. The number of rotatable bonds is 3. The van der Waals surface area contributed by atoms with E-state index in [9.17, 15) is 0 Å². The topological polar surface area (TPSA) is 32.5 Å². The summed E-state index contributed by atoms with van der Waals surface area (Å²) < 4.78 is 1.18. The molecule has 0 spiro atoms. The van der Waals surface area contributed by atoms with Crippen molar-refractivity contribution in [3.8, 4) is 0 Å². The predicted molar refractivity (Wildman–Crippen MR) is 90.4 cm³/mol. The molecule has 1 saturated heterocycles. The molecule has 1 aliphatic heterocycles. The number of nitrogens with zero attached hydrogens (tertiary/aromatic N) is 2. The Hall–Kier alpha value is -0.580. The lowest BCUT2D eigenvalue weighted by Gasteiger charge is -2.43. The van der Waals surface area contributed by atoms with Crippen LogP contribution >= 0.6 is 15.9 Å². The highest BCUT2D eigenvalue weighted by Gasteiger charge is 2.25. The second-order valence-corrected chi connectivity index (χ2v) is 7.31. The Balaban J connectivity index is 2.02. The van der Waals surface area contributed by atoms with Crippen LogP contribution in [0.15, 0.2) is 22.7 Å². The first-order valence-corrected chi connectivity index (χ1v) is 8.19. The third-order valence-corrected chi connectivity index (χ3v) is 4.78.